The van der Waals surface area contributed by atoms with E-state index in [2.05, 4.69) is 0 Å². The van der Waals surface area contributed by atoms with Gasteiger partial charge in [-0.25, -0.2) is 0 Å². The second kappa shape index (κ2) is 9.61. The minimum absolute atomic E-state index is 0.0111. The quantitative estimate of drug-likeness (QED) is 0.350. The average molecular weight is 483 g/mol. The Bertz CT molecular complexity index is 1050. The monoisotopic (exact) mass is 482 g/mol. The Morgan fingerprint density at radius 1 is 1.29 bits per heavy atom. The van der Waals surface area contributed by atoms with E-state index < -0.39 is 17.7 Å². The molecule has 166 valence electrons. The topological polar surface area (TPSA) is 70.1 Å². The number of methoxy groups -OCH3 is 1. The van der Waals surface area contributed by atoms with Gasteiger partial charge in [0.1, 0.15) is 11.5 Å². The van der Waals surface area contributed by atoms with Crippen LogP contribution in [0.2, 0.25) is 10.0 Å². The van der Waals surface area contributed by atoms with Crippen LogP contribution in [0.15, 0.2) is 29.2 Å². The summed E-state index contributed by atoms with van der Waals surface area (Å²) in [5, 5.41) is 13.6. The number of carbonyl (C=O) groups excluding carboxylic acids is 2. The predicted octanol–water partition coefficient (Wildman–Crippen LogP) is 4.75. The van der Waals surface area contributed by atoms with Crippen molar-refractivity contribution >= 4 is 52.0 Å². The number of aryl methyl sites for hydroxylation is 1. The molecule has 1 amide bonds. The molecule has 1 aliphatic rings. The van der Waals surface area contributed by atoms with Crippen LogP contribution < -0.4 is 4.74 Å². The molecule has 2 heterocycles. The summed E-state index contributed by atoms with van der Waals surface area (Å²) in [5.41, 5.74) is 1.12. The minimum Gasteiger partial charge on any atom is -0.507 e. The normalized spacial score (nSPS) is 18.3. The molecule has 1 saturated heterocycles. The molecule has 0 saturated carbocycles. The second-order valence-corrected chi connectivity index (χ2v) is 9.38. The number of Topliss-reactive ketones (excluding diaryl/α,β-unsaturated/α-hetero) is 1. The highest BCUT2D eigenvalue weighted by Gasteiger charge is 2.47. The number of ketones is 1. The Balaban J connectivity index is 2.18. The van der Waals surface area contributed by atoms with Crippen LogP contribution in [-0.4, -0.2) is 60.9 Å². The number of likely N-dealkylation sites (tertiary alicyclic amines) is 1. The fourth-order valence-corrected chi connectivity index (χ4v) is 5.31. The van der Waals surface area contributed by atoms with Crippen LogP contribution in [0.4, 0.5) is 0 Å². The van der Waals surface area contributed by atoms with Gasteiger partial charge in [0.05, 0.1) is 29.3 Å². The van der Waals surface area contributed by atoms with Crippen molar-refractivity contribution in [1.29, 1.82) is 0 Å². The number of hydrogen-bond acceptors (Lipinski definition) is 6. The van der Waals surface area contributed by atoms with Gasteiger partial charge in [-0.3, -0.25) is 9.59 Å². The molecule has 0 aliphatic carbocycles. The van der Waals surface area contributed by atoms with Crippen LogP contribution >= 0.6 is 34.5 Å². The number of aliphatic hydroxyl groups excluding tert-OH is 1. The predicted molar refractivity (Wildman–Crippen MR) is 124 cm³/mol. The zero-order valence-electron chi connectivity index (χ0n) is 17.7. The average Bonchev–Trinajstić information content (AvgIpc) is 3.22. The maximum Gasteiger partial charge on any atom is 0.295 e. The van der Waals surface area contributed by atoms with Gasteiger partial charge in [0.25, 0.3) is 11.7 Å². The fraction of sp³-hybridized carbons (Fsp3) is 0.364. The summed E-state index contributed by atoms with van der Waals surface area (Å²) in [7, 11) is 5.31. The van der Waals surface area contributed by atoms with E-state index in [1.54, 1.807) is 0 Å². The van der Waals surface area contributed by atoms with Gasteiger partial charge in [0, 0.05) is 16.4 Å². The number of ether oxygens (including phenoxy) is 1. The molecular formula is C22H24Cl2N2O4S. The number of rotatable bonds is 7. The molecule has 3 rings (SSSR count). The number of amides is 1. The third-order valence-electron chi connectivity index (χ3n) is 5.16. The molecule has 31 heavy (non-hydrogen) atoms. The molecule has 0 bridgehead atoms. The van der Waals surface area contributed by atoms with E-state index in [9.17, 15) is 14.7 Å². The highest BCUT2D eigenvalue weighted by Crippen LogP contribution is 2.45. The van der Waals surface area contributed by atoms with E-state index in [1.165, 1.54) is 35.5 Å². The van der Waals surface area contributed by atoms with Gasteiger partial charge >= 0.3 is 0 Å². The first kappa shape index (κ1) is 23.6. The molecular weight excluding hydrogens is 459 g/mol. The molecule has 1 aliphatic heterocycles. The van der Waals surface area contributed by atoms with Crippen molar-refractivity contribution in [3.8, 4) is 5.75 Å². The lowest BCUT2D eigenvalue weighted by atomic mass is 9.98. The smallest absolute Gasteiger partial charge is 0.295 e. The zero-order chi connectivity index (χ0) is 22.9. The van der Waals surface area contributed by atoms with Gasteiger partial charge < -0.3 is 19.6 Å². The standard InChI is InChI=1S/C22H24Cl2N2O4S/c1-12-6-9-31-21(12)17-16(19(28)22(29)26(17)8-5-7-25(2)3)18(27)14-10-13(23)11-15(24)20(14)30-4/h6,9-11,17,27H,5,7-8H2,1-4H3/b18-16+. The number of halogens is 2. The zero-order valence-corrected chi connectivity index (χ0v) is 20.1. The number of benzene rings is 1. The third-order valence-corrected chi connectivity index (χ3v) is 6.73. The van der Waals surface area contributed by atoms with Crippen molar-refractivity contribution in [3.05, 3.63) is 55.2 Å². The summed E-state index contributed by atoms with van der Waals surface area (Å²) < 4.78 is 5.34. The van der Waals surface area contributed by atoms with Gasteiger partial charge in [-0.2, -0.15) is 0 Å². The molecule has 9 heteroatoms. The number of aliphatic hydroxyl groups is 1. The second-order valence-electron chi connectivity index (χ2n) is 7.59. The molecule has 1 fully saturated rings. The Morgan fingerprint density at radius 2 is 2.00 bits per heavy atom. The Labute approximate surface area is 195 Å². The highest BCUT2D eigenvalue weighted by atomic mass is 35.5. The van der Waals surface area contributed by atoms with E-state index in [-0.39, 0.29) is 32.7 Å². The first-order valence-corrected chi connectivity index (χ1v) is 11.3. The number of thiophene rings is 1. The molecule has 1 aromatic heterocycles. The van der Waals surface area contributed by atoms with E-state index >= 15 is 0 Å². The summed E-state index contributed by atoms with van der Waals surface area (Å²) in [6.07, 6.45) is 0.688. The maximum atomic E-state index is 13.1. The molecule has 1 N–H and O–H groups in total. The third kappa shape index (κ3) is 4.60. The molecule has 1 atom stereocenters. The molecule has 1 unspecified atom stereocenters. The summed E-state index contributed by atoms with van der Waals surface area (Å²) in [5.74, 6) is -1.54. The van der Waals surface area contributed by atoms with Crippen LogP contribution in [-0.2, 0) is 9.59 Å². The van der Waals surface area contributed by atoms with Crippen LogP contribution in [0.1, 0.15) is 28.5 Å². The number of nitrogens with zero attached hydrogens (tertiary/aromatic N) is 2. The summed E-state index contributed by atoms with van der Waals surface area (Å²) in [6, 6.07) is 4.19. The van der Waals surface area contributed by atoms with Gasteiger partial charge in [0.15, 0.2) is 0 Å². The van der Waals surface area contributed by atoms with Crippen LogP contribution in [0.3, 0.4) is 0 Å². The van der Waals surface area contributed by atoms with Crippen molar-refractivity contribution in [2.75, 3.05) is 34.3 Å². The van der Waals surface area contributed by atoms with E-state index in [0.717, 1.165) is 17.0 Å². The van der Waals surface area contributed by atoms with Crippen molar-refractivity contribution in [1.82, 2.24) is 9.80 Å². The Kier molecular flexibility index (Phi) is 7.31. The first-order valence-electron chi connectivity index (χ1n) is 9.67. The Hall–Kier alpha value is -2.06. The summed E-state index contributed by atoms with van der Waals surface area (Å²) >= 11 is 13.8. The van der Waals surface area contributed by atoms with Gasteiger partial charge in [-0.15, -0.1) is 11.3 Å². The molecule has 0 spiro atoms. The van der Waals surface area contributed by atoms with Crippen LogP contribution in [0.25, 0.3) is 5.76 Å². The lowest BCUT2D eigenvalue weighted by molar-refractivity contribution is -0.139. The largest absolute Gasteiger partial charge is 0.507 e. The highest BCUT2D eigenvalue weighted by molar-refractivity contribution is 7.10. The van der Waals surface area contributed by atoms with Gasteiger partial charge in [-0.05, 0) is 63.1 Å². The van der Waals surface area contributed by atoms with Gasteiger partial charge in [-0.1, -0.05) is 23.2 Å². The molecule has 1 aromatic carbocycles. The van der Waals surface area contributed by atoms with Crippen molar-refractivity contribution < 1.29 is 19.4 Å². The van der Waals surface area contributed by atoms with Crippen LogP contribution in [0, 0.1) is 6.92 Å². The minimum atomic E-state index is -0.738. The van der Waals surface area contributed by atoms with Crippen LogP contribution in [0.5, 0.6) is 5.75 Å². The van der Waals surface area contributed by atoms with E-state index in [0.29, 0.717) is 13.0 Å². The SMILES string of the molecule is COc1c(Cl)cc(Cl)cc1/C(O)=C1\C(=O)C(=O)N(CCCN(C)C)C1c1sccc1C. The number of hydrogen-bond donors (Lipinski definition) is 1. The lowest BCUT2D eigenvalue weighted by Gasteiger charge is -2.25. The molecule has 6 nitrogen and oxygen atoms in total. The first-order chi connectivity index (χ1) is 14.7. The summed E-state index contributed by atoms with van der Waals surface area (Å²) in [6.45, 7) is 3.06. The lowest BCUT2D eigenvalue weighted by Crippen LogP contribution is -2.32. The maximum absolute atomic E-state index is 13.1. The van der Waals surface area contributed by atoms with E-state index in [4.69, 9.17) is 27.9 Å². The van der Waals surface area contributed by atoms with Crippen molar-refractivity contribution in [2.24, 2.45) is 0 Å². The summed E-state index contributed by atoms with van der Waals surface area (Å²) in [4.78, 5) is 30.4. The van der Waals surface area contributed by atoms with E-state index in [1.807, 2.05) is 37.4 Å². The molecule has 2 aromatic rings. The van der Waals surface area contributed by atoms with Gasteiger partial charge in [0.2, 0.25) is 0 Å². The fourth-order valence-electron chi connectivity index (χ4n) is 3.69. The molecule has 0 radical (unpaired) electrons. The Morgan fingerprint density at radius 3 is 2.58 bits per heavy atom. The number of carbonyl (C=O) groups is 2. The van der Waals surface area contributed by atoms with Crippen molar-refractivity contribution in [2.45, 2.75) is 19.4 Å². The van der Waals surface area contributed by atoms with Crippen molar-refractivity contribution in [3.63, 3.8) is 0 Å².